The van der Waals surface area contributed by atoms with Crippen molar-refractivity contribution in [2.45, 2.75) is 0 Å². The molecule has 0 fully saturated rings. The van der Waals surface area contributed by atoms with Crippen LogP contribution in [0.4, 0.5) is 0 Å². The average molecular weight is 117 g/mol. The maximum atomic E-state index is 4.53. The van der Waals surface area contributed by atoms with E-state index >= 15 is 0 Å². The Morgan fingerprint density at radius 1 is 1.25 bits per heavy atom. The van der Waals surface area contributed by atoms with E-state index in [9.17, 15) is 0 Å². The standard InChI is InChI=1S/K.H6OSi2/c;2-1-3/h;2-3H3. The SMILES string of the molecule is [K].[SiH3]O[SiH3]. The molecule has 0 rings (SSSR count). The molecule has 4 heteroatoms. The molecular weight excluding hydrogens is 111 g/mol. The van der Waals surface area contributed by atoms with E-state index in [2.05, 4.69) is 4.12 Å². The first-order chi connectivity index (χ1) is 1.41. The minimum Gasteiger partial charge on any atom is -0.471 e. The van der Waals surface area contributed by atoms with Gasteiger partial charge < -0.3 is 4.12 Å². The predicted molar refractivity (Wildman–Crippen MR) is 26.7 cm³/mol. The van der Waals surface area contributed by atoms with E-state index < -0.39 is 0 Å². The van der Waals surface area contributed by atoms with Gasteiger partial charge in [0, 0.05) is 51.4 Å². The molecule has 0 aliphatic heterocycles. The summed E-state index contributed by atoms with van der Waals surface area (Å²) in [6, 6.07) is 0. The van der Waals surface area contributed by atoms with Gasteiger partial charge in [-0.3, -0.25) is 0 Å². The van der Waals surface area contributed by atoms with Crippen LogP contribution in [0.15, 0.2) is 0 Å². The smallest absolute Gasteiger partial charge is 0.129 e. The molecule has 0 aliphatic rings. The van der Waals surface area contributed by atoms with Crippen molar-refractivity contribution in [3.8, 4) is 0 Å². The second kappa shape index (κ2) is 8.90. The van der Waals surface area contributed by atoms with E-state index in [4.69, 9.17) is 0 Å². The van der Waals surface area contributed by atoms with Crippen molar-refractivity contribution in [2.24, 2.45) is 0 Å². The van der Waals surface area contributed by atoms with E-state index in [1.165, 1.54) is 0 Å². The van der Waals surface area contributed by atoms with Crippen LogP contribution in [0.25, 0.3) is 0 Å². The third-order valence-electron chi connectivity index (χ3n) is 0. The summed E-state index contributed by atoms with van der Waals surface area (Å²) in [6.07, 6.45) is 0. The third kappa shape index (κ3) is 8.98. The molecule has 0 saturated heterocycles. The van der Waals surface area contributed by atoms with Gasteiger partial charge in [-0.25, -0.2) is 0 Å². The first-order valence-electron chi connectivity index (χ1n) is 0.816. The molecule has 0 N–H and O–H groups in total. The van der Waals surface area contributed by atoms with E-state index in [-0.39, 0.29) is 51.4 Å². The van der Waals surface area contributed by atoms with Crippen LogP contribution in [-0.4, -0.2) is 72.4 Å². The topological polar surface area (TPSA) is 9.23 Å². The monoisotopic (exact) mass is 117 g/mol. The number of hydrogen-bond donors (Lipinski definition) is 0. The Morgan fingerprint density at radius 2 is 1.25 bits per heavy atom. The van der Waals surface area contributed by atoms with Crippen molar-refractivity contribution in [3.05, 3.63) is 0 Å². The van der Waals surface area contributed by atoms with Gasteiger partial charge in [0.15, 0.2) is 0 Å². The zero-order valence-electron chi connectivity index (χ0n) is 3.41. The third-order valence-corrected chi connectivity index (χ3v) is 0. The van der Waals surface area contributed by atoms with Crippen molar-refractivity contribution in [2.75, 3.05) is 0 Å². The van der Waals surface area contributed by atoms with E-state index in [1.807, 2.05) is 0 Å². The first kappa shape index (κ1) is 9.39. The summed E-state index contributed by atoms with van der Waals surface area (Å²) in [5.74, 6) is 0. The van der Waals surface area contributed by atoms with Gasteiger partial charge in [0.2, 0.25) is 0 Å². The first-order valence-corrected chi connectivity index (χ1v) is 2.45. The minimum atomic E-state index is 0. The van der Waals surface area contributed by atoms with E-state index in [0.717, 1.165) is 21.0 Å². The fourth-order valence-corrected chi connectivity index (χ4v) is 0. The van der Waals surface area contributed by atoms with Crippen LogP contribution in [0.3, 0.4) is 0 Å². The summed E-state index contributed by atoms with van der Waals surface area (Å²) in [4.78, 5) is 0. The zero-order chi connectivity index (χ0) is 2.71. The number of hydrogen-bond acceptors (Lipinski definition) is 1. The molecule has 0 aromatic heterocycles. The molecule has 0 aromatic rings. The predicted octanol–water partition coefficient (Wildman–Crippen LogP) is -2.82. The summed E-state index contributed by atoms with van der Waals surface area (Å²) in [6.45, 7) is 0. The molecule has 0 spiro atoms. The van der Waals surface area contributed by atoms with Gasteiger partial charge in [-0.1, -0.05) is 0 Å². The fourth-order valence-electron chi connectivity index (χ4n) is 0. The quantitative estimate of drug-likeness (QED) is 0.311. The molecule has 1 radical (unpaired) electrons. The fraction of sp³-hybridized carbons (Fsp3) is 0. The second-order valence-electron chi connectivity index (χ2n) is 0.408. The maximum absolute atomic E-state index is 4.53. The van der Waals surface area contributed by atoms with Gasteiger partial charge in [0.05, 0.1) is 0 Å². The Labute approximate surface area is 75.0 Å². The van der Waals surface area contributed by atoms with Crippen LogP contribution < -0.4 is 0 Å². The number of rotatable bonds is 0. The van der Waals surface area contributed by atoms with Gasteiger partial charge in [-0.2, -0.15) is 0 Å². The molecule has 4 heavy (non-hydrogen) atoms. The molecule has 0 amide bonds. The summed E-state index contributed by atoms with van der Waals surface area (Å²) in [7, 11) is 1.86. The molecule has 0 saturated carbocycles. The van der Waals surface area contributed by atoms with Gasteiger partial charge >= 0.3 is 0 Å². The molecular formula is H6KOSi2. The molecule has 0 heterocycles. The minimum absolute atomic E-state index is 0. The van der Waals surface area contributed by atoms with E-state index in [0.29, 0.717) is 0 Å². The average Bonchev–Trinajstić information content (AvgIpc) is 0.918. The molecule has 0 aromatic carbocycles. The van der Waals surface area contributed by atoms with Crippen molar-refractivity contribution < 1.29 is 4.12 Å². The van der Waals surface area contributed by atoms with E-state index in [1.54, 1.807) is 0 Å². The maximum Gasteiger partial charge on any atom is 0.129 e. The van der Waals surface area contributed by atoms with Gasteiger partial charge in [-0.15, -0.1) is 0 Å². The summed E-state index contributed by atoms with van der Waals surface area (Å²) < 4.78 is 4.53. The Morgan fingerprint density at radius 3 is 1.25 bits per heavy atom. The van der Waals surface area contributed by atoms with Crippen LogP contribution in [-0.2, 0) is 4.12 Å². The molecule has 21 valence electrons. The second-order valence-corrected chi connectivity index (χ2v) is 3.67. The van der Waals surface area contributed by atoms with Crippen molar-refractivity contribution in [1.29, 1.82) is 0 Å². The van der Waals surface area contributed by atoms with Crippen molar-refractivity contribution in [3.63, 3.8) is 0 Å². The summed E-state index contributed by atoms with van der Waals surface area (Å²) >= 11 is 0. The van der Waals surface area contributed by atoms with Crippen LogP contribution in [0.5, 0.6) is 0 Å². The summed E-state index contributed by atoms with van der Waals surface area (Å²) in [5.41, 5.74) is 0. The van der Waals surface area contributed by atoms with Gasteiger partial charge in [0.25, 0.3) is 0 Å². The molecule has 0 bridgehead atoms. The van der Waals surface area contributed by atoms with Crippen molar-refractivity contribution in [1.82, 2.24) is 0 Å². The Kier molecular flexibility index (Phi) is 20.9. The van der Waals surface area contributed by atoms with Crippen LogP contribution >= 0.6 is 0 Å². The van der Waals surface area contributed by atoms with Crippen LogP contribution in [0, 0.1) is 0 Å². The van der Waals surface area contributed by atoms with Crippen LogP contribution in [0.1, 0.15) is 0 Å². The molecule has 1 nitrogen and oxygen atoms in total. The largest absolute Gasteiger partial charge is 0.471 e. The summed E-state index contributed by atoms with van der Waals surface area (Å²) in [5, 5.41) is 0. The zero-order valence-corrected chi connectivity index (χ0v) is 10.5. The molecule has 0 atom stereocenters. The Balaban J connectivity index is 0. The normalized spacial score (nSPS) is 6.00. The van der Waals surface area contributed by atoms with Crippen molar-refractivity contribution >= 4 is 72.4 Å². The van der Waals surface area contributed by atoms with Gasteiger partial charge in [0.1, 0.15) is 21.0 Å². The van der Waals surface area contributed by atoms with Crippen LogP contribution in [0.2, 0.25) is 0 Å². The molecule has 0 aliphatic carbocycles. The Hall–Kier alpha value is 2.03. The molecule has 0 unspecified atom stereocenters. The Bertz CT molecular complexity index is 6.00. The van der Waals surface area contributed by atoms with Gasteiger partial charge in [-0.05, 0) is 0 Å².